The molecule has 9 aromatic carbocycles. The van der Waals surface area contributed by atoms with Gasteiger partial charge in [0.15, 0.2) is 0 Å². The third-order valence-corrected chi connectivity index (χ3v) is 11.2. The van der Waals surface area contributed by atoms with Crippen LogP contribution in [0.4, 0.5) is 17.1 Å². The van der Waals surface area contributed by atoms with Gasteiger partial charge in [0.1, 0.15) is 11.2 Å². The highest BCUT2D eigenvalue weighted by molar-refractivity contribution is 6.12. The van der Waals surface area contributed by atoms with E-state index in [1.54, 1.807) is 0 Å². The van der Waals surface area contributed by atoms with E-state index < -0.39 is 0 Å². The Morgan fingerprint density at radius 2 is 0.877 bits per heavy atom. The average molecular weight is 729 g/mol. The minimum Gasteiger partial charge on any atom is -0.455 e. The summed E-state index contributed by atoms with van der Waals surface area (Å²) in [7, 11) is 0. The standard InChI is InChI=1S/C54H36N2O/c1-3-15-37(16-4-1)38-27-31-41(32-28-38)55(50-23-11-7-19-44(50)39-17-5-2-6-18-39)43-35-48(54-49(36-43)47-22-10-14-26-53(47)57-54)40-29-33-42(34-30-40)56-51-24-12-8-20-45(51)46-21-9-13-25-52(46)56/h1-36H. The molecule has 2 aromatic heterocycles. The second kappa shape index (κ2) is 13.6. The SMILES string of the molecule is c1ccc(-c2ccc(N(c3cc(-c4ccc(-n5c6ccccc6c6ccccc65)cc4)c4oc5ccccc5c4c3)c3ccccc3-c3ccccc3)cc2)cc1. The van der Waals surface area contributed by atoms with Gasteiger partial charge >= 0.3 is 0 Å². The summed E-state index contributed by atoms with van der Waals surface area (Å²) >= 11 is 0. The molecule has 0 fully saturated rings. The lowest BCUT2D eigenvalue weighted by atomic mass is 9.98. The Hall–Kier alpha value is -7.62. The van der Waals surface area contributed by atoms with E-state index in [2.05, 4.69) is 222 Å². The van der Waals surface area contributed by atoms with Crippen LogP contribution in [0.2, 0.25) is 0 Å². The molecule has 0 atom stereocenters. The highest BCUT2D eigenvalue weighted by atomic mass is 16.3. The van der Waals surface area contributed by atoms with Crippen molar-refractivity contribution in [1.82, 2.24) is 4.57 Å². The second-order valence-electron chi connectivity index (χ2n) is 14.5. The van der Waals surface area contributed by atoms with Crippen LogP contribution >= 0.6 is 0 Å². The molecule has 0 aliphatic rings. The summed E-state index contributed by atoms with van der Waals surface area (Å²) in [6.45, 7) is 0. The van der Waals surface area contributed by atoms with Crippen molar-refractivity contribution in [2.24, 2.45) is 0 Å². The molecule has 0 N–H and O–H groups in total. The van der Waals surface area contributed by atoms with Crippen LogP contribution in [0.1, 0.15) is 0 Å². The maximum absolute atomic E-state index is 6.74. The minimum atomic E-state index is 0.872. The molecule has 268 valence electrons. The van der Waals surface area contributed by atoms with Gasteiger partial charge in [-0.2, -0.15) is 0 Å². The smallest absolute Gasteiger partial charge is 0.143 e. The van der Waals surface area contributed by atoms with Crippen molar-refractivity contribution in [3.63, 3.8) is 0 Å². The van der Waals surface area contributed by atoms with Gasteiger partial charge in [0.25, 0.3) is 0 Å². The summed E-state index contributed by atoms with van der Waals surface area (Å²) < 4.78 is 9.10. The fourth-order valence-corrected chi connectivity index (χ4v) is 8.54. The van der Waals surface area contributed by atoms with E-state index in [1.807, 2.05) is 6.07 Å². The summed E-state index contributed by atoms with van der Waals surface area (Å²) in [6, 6.07) is 78.1. The maximum Gasteiger partial charge on any atom is 0.143 e. The number of hydrogen-bond acceptors (Lipinski definition) is 2. The molecule has 11 aromatic rings. The molecular weight excluding hydrogens is 693 g/mol. The molecule has 0 amide bonds. The molecule has 3 nitrogen and oxygen atoms in total. The highest BCUT2D eigenvalue weighted by Crippen LogP contribution is 2.46. The third-order valence-electron chi connectivity index (χ3n) is 11.2. The molecule has 0 unspecified atom stereocenters. The number of furan rings is 1. The molecule has 0 saturated heterocycles. The van der Waals surface area contributed by atoms with Crippen LogP contribution in [0, 0.1) is 0 Å². The number of nitrogens with zero attached hydrogens (tertiary/aromatic N) is 2. The van der Waals surface area contributed by atoms with Crippen LogP contribution in [0.5, 0.6) is 0 Å². The Morgan fingerprint density at radius 1 is 0.351 bits per heavy atom. The first-order valence-electron chi connectivity index (χ1n) is 19.4. The van der Waals surface area contributed by atoms with Crippen LogP contribution in [0.15, 0.2) is 223 Å². The number of anilines is 3. The zero-order valence-electron chi connectivity index (χ0n) is 31.1. The Bertz CT molecular complexity index is 3160. The van der Waals surface area contributed by atoms with Crippen LogP contribution in [-0.4, -0.2) is 4.57 Å². The third kappa shape index (κ3) is 5.60. The molecule has 0 radical (unpaired) electrons. The number of rotatable bonds is 7. The lowest BCUT2D eigenvalue weighted by molar-refractivity contribution is 0.670. The van der Waals surface area contributed by atoms with E-state index in [0.717, 1.165) is 66.9 Å². The molecule has 3 heteroatoms. The second-order valence-corrected chi connectivity index (χ2v) is 14.5. The first kappa shape index (κ1) is 32.8. The molecule has 11 rings (SSSR count). The first-order chi connectivity index (χ1) is 28.3. The summed E-state index contributed by atoms with van der Waals surface area (Å²) in [5.74, 6) is 0. The lowest BCUT2D eigenvalue weighted by Gasteiger charge is -2.28. The van der Waals surface area contributed by atoms with Gasteiger partial charge < -0.3 is 13.9 Å². The molecule has 0 spiro atoms. The van der Waals surface area contributed by atoms with Crippen molar-refractivity contribution in [2.45, 2.75) is 0 Å². The van der Waals surface area contributed by atoms with Gasteiger partial charge in [-0.15, -0.1) is 0 Å². The first-order valence-corrected chi connectivity index (χ1v) is 19.4. The van der Waals surface area contributed by atoms with Gasteiger partial charge in [-0.1, -0.05) is 158 Å². The van der Waals surface area contributed by atoms with Crippen molar-refractivity contribution < 1.29 is 4.42 Å². The topological polar surface area (TPSA) is 21.3 Å². The van der Waals surface area contributed by atoms with Crippen LogP contribution in [-0.2, 0) is 0 Å². The van der Waals surface area contributed by atoms with Gasteiger partial charge in [0.05, 0.1) is 16.7 Å². The van der Waals surface area contributed by atoms with E-state index in [0.29, 0.717) is 0 Å². The van der Waals surface area contributed by atoms with Gasteiger partial charge in [0.2, 0.25) is 0 Å². The fraction of sp³-hybridized carbons (Fsp3) is 0. The summed E-state index contributed by atoms with van der Waals surface area (Å²) in [5.41, 5.74) is 15.3. The molecule has 0 aliphatic heterocycles. The van der Waals surface area contributed by atoms with Crippen molar-refractivity contribution in [1.29, 1.82) is 0 Å². The molecule has 2 heterocycles. The van der Waals surface area contributed by atoms with Gasteiger partial charge in [-0.05, 0) is 82.9 Å². The quantitative estimate of drug-likeness (QED) is 0.163. The predicted molar refractivity (Wildman–Crippen MR) is 239 cm³/mol. The van der Waals surface area contributed by atoms with E-state index in [9.17, 15) is 0 Å². The summed E-state index contributed by atoms with van der Waals surface area (Å²) in [6.07, 6.45) is 0. The minimum absolute atomic E-state index is 0.872. The Balaban J connectivity index is 1.12. The normalized spacial score (nSPS) is 11.5. The Labute approximate surface area is 330 Å². The zero-order chi connectivity index (χ0) is 37.7. The van der Waals surface area contributed by atoms with Crippen LogP contribution in [0.3, 0.4) is 0 Å². The number of para-hydroxylation sites is 4. The fourth-order valence-electron chi connectivity index (χ4n) is 8.54. The molecule has 57 heavy (non-hydrogen) atoms. The van der Waals surface area contributed by atoms with Gasteiger partial charge in [0, 0.05) is 49.7 Å². The van der Waals surface area contributed by atoms with Gasteiger partial charge in [-0.25, -0.2) is 0 Å². The molecule has 0 aliphatic carbocycles. The van der Waals surface area contributed by atoms with Crippen molar-refractivity contribution in [3.05, 3.63) is 218 Å². The van der Waals surface area contributed by atoms with Crippen LogP contribution in [0.25, 0.3) is 82.8 Å². The van der Waals surface area contributed by atoms with Gasteiger partial charge in [-0.3, -0.25) is 0 Å². The van der Waals surface area contributed by atoms with E-state index in [4.69, 9.17) is 4.42 Å². The Kier molecular flexibility index (Phi) is 7.82. The number of aromatic nitrogens is 1. The Morgan fingerprint density at radius 3 is 1.58 bits per heavy atom. The lowest BCUT2D eigenvalue weighted by Crippen LogP contribution is -2.11. The van der Waals surface area contributed by atoms with Crippen molar-refractivity contribution in [3.8, 4) is 39.1 Å². The molecule has 0 bridgehead atoms. The average Bonchev–Trinajstić information content (AvgIpc) is 3.83. The maximum atomic E-state index is 6.74. The van der Waals surface area contributed by atoms with Crippen molar-refractivity contribution in [2.75, 3.05) is 4.90 Å². The zero-order valence-corrected chi connectivity index (χ0v) is 31.1. The van der Waals surface area contributed by atoms with E-state index in [-0.39, 0.29) is 0 Å². The molecular formula is C54H36N2O. The number of fused-ring (bicyclic) bond motifs is 6. The monoisotopic (exact) mass is 728 g/mol. The number of hydrogen-bond donors (Lipinski definition) is 0. The van der Waals surface area contributed by atoms with E-state index in [1.165, 1.54) is 32.9 Å². The van der Waals surface area contributed by atoms with E-state index >= 15 is 0 Å². The van der Waals surface area contributed by atoms with Crippen LogP contribution < -0.4 is 4.90 Å². The largest absolute Gasteiger partial charge is 0.455 e. The van der Waals surface area contributed by atoms with Crippen molar-refractivity contribution >= 4 is 60.8 Å². The summed E-state index contributed by atoms with van der Waals surface area (Å²) in [5, 5.41) is 4.67. The molecule has 0 saturated carbocycles. The predicted octanol–water partition coefficient (Wildman–Crippen LogP) is 15.2. The number of benzene rings is 9. The highest BCUT2D eigenvalue weighted by Gasteiger charge is 2.22. The summed E-state index contributed by atoms with van der Waals surface area (Å²) in [4.78, 5) is 2.40.